The van der Waals surface area contributed by atoms with Gasteiger partial charge in [0.25, 0.3) is 5.91 Å². The molecule has 6 heteroatoms. The molecule has 0 aliphatic rings. The number of aromatic hydroxyl groups is 2. The quantitative estimate of drug-likeness (QED) is 0.757. The number of amides is 1. The van der Waals surface area contributed by atoms with Crippen molar-refractivity contribution in [2.24, 2.45) is 0 Å². The van der Waals surface area contributed by atoms with Gasteiger partial charge in [0, 0.05) is 11.8 Å². The number of methoxy groups -OCH3 is 1. The maximum absolute atomic E-state index is 12.1. The molecule has 0 aliphatic heterocycles. The highest BCUT2D eigenvalue weighted by Gasteiger charge is 2.15. The molecule has 0 aromatic heterocycles. The average molecular weight is 301 g/mol. The number of anilines is 1. The molecule has 0 saturated carbocycles. The number of carbonyl (C=O) groups is 2. The van der Waals surface area contributed by atoms with Crippen LogP contribution in [0.2, 0.25) is 0 Å². The molecule has 6 nitrogen and oxygen atoms in total. The third kappa shape index (κ3) is 3.17. The molecule has 22 heavy (non-hydrogen) atoms. The van der Waals surface area contributed by atoms with Crippen LogP contribution in [0.1, 0.15) is 26.3 Å². The van der Waals surface area contributed by atoms with Gasteiger partial charge < -0.3 is 20.3 Å². The fraction of sp³-hybridized carbons (Fsp3) is 0.125. The minimum absolute atomic E-state index is 0.00102. The first-order chi connectivity index (χ1) is 10.4. The van der Waals surface area contributed by atoms with Gasteiger partial charge in [-0.3, -0.25) is 4.79 Å². The minimum Gasteiger partial charge on any atom is -0.507 e. The molecule has 0 bridgehead atoms. The molecule has 0 radical (unpaired) electrons. The molecule has 2 rings (SSSR count). The number of phenols is 2. The number of carbonyl (C=O) groups excluding carboxylic acids is 2. The minimum atomic E-state index is -0.674. The summed E-state index contributed by atoms with van der Waals surface area (Å²) in [5.74, 6) is -1.64. The molecule has 0 saturated heterocycles. The van der Waals surface area contributed by atoms with Crippen LogP contribution >= 0.6 is 0 Å². The number of hydrogen-bond donors (Lipinski definition) is 3. The molecule has 0 spiro atoms. The second kappa shape index (κ2) is 6.17. The summed E-state index contributed by atoms with van der Waals surface area (Å²) in [5, 5.41) is 22.0. The molecular formula is C16H15NO5. The van der Waals surface area contributed by atoms with Gasteiger partial charge in [0.15, 0.2) is 0 Å². The van der Waals surface area contributed by atoms with Crippen LogP contribution in [0.5, 0.6) is 11.5 Å². The molecule has 3 N–H and O–H groups in total. The molecular weight excluding hydrogens is 286 g/mol. The summed E-state index contributed by atoms with van der Waals surface area (Å²) in [6.07, 6.45) is 0. The van der Waals surface area contributed by atoms with Gasteiger partial charge >= 0.3 is 5.97 Å². The van der Waals surface area contributed by atoms with Crippen LogP contribution in [-0.4, -0.2) is 29.2 Å². The number of nitrogens with one attached hydrogen (secondary N) is 1. The second-order valence-corrected chi connectivity index (χ2v) is 4.70. The predicted octanol–water partition coefficient (Wildman–Crippen LogP) is 2.45. The van der Waals surface area contributed by atoms with E-state index in [-0.39, 0.29) is 28.3 Å². The van der Waals surface area contributed by atoms with E-state index in [4.69, 9.17) is 0 Å². The normalized spacial score (nSPS) is 10.1. The average Bonchev–Trinajstić information content (AvgIpc) is 2.49. The van der Waals surface area contributed by atoms with Gasteiger partial charge in [-0.2, -0.15) is 0 Å². The summed E-state index contributed by atoms with van der Waals surface area (Å²) in [4.78, 5) is 23.5. The lowest BCUT2D eigenvalue weighted by Crippen LogP contribution is -2.12. The summed E-state index contributed by atoms with van der Waals surface area (Å²) in [6.45, 7) is 1.80. The summed E-state index contributed by atoms with van der Waals surface area (Å²) in [5.41, 5.74) is 1.23. The van der Waals surface area contributed by atoms with Gasteiger partial charge in [0.1, 0.15) is 17.1 Å². The lowest BCUT2D eigenvalue weighted by Gasteiger charge is -2.09. The van der Waals surface area contributed by atoms with Gasteiger partial charge in [-0.25, -0.2) is 4.79 Å². The zero-order valence-electron chi connectivity index (χ0n) is 12.1. The highest BCUT2D eigenvalue weighted by Crippen LogP contribution is 2.24. The predicted molar refractivity (Wildman–Crippen MR) is 80.2 cm³/mol. The largest absolute Gasteiger partial charge is 0.507 e. The summed E-state index contributed by atoms with van der Waals surface area (Å²) in [6, 6.07) is 8.69. The Morgan fingerprint density at radius 2 is 1.73 bits per heavy atom. The zero-order chi connectivity index (χ0) is 16.3. The van der Waals surface area contributed by atoms with Crippen molar-refractivity contribution in [2.75, 3.05) is 12.4 Å². The van der Waals surface area contributed by atoms with E-state index in [1.165, 1.54) is 31.4 Å². The number of rotatable bonds is 3. The zero-order valence-corrected chi connectivity index (χ0v) is 12.1. The van der Waals surface area contributed by atoms with E-state index in [1.807, 2.05) is 0 Å². The van der Waals surface area contributed by atoms with Gasteiger partial charge in [-0.15, -0.1) is 0 Å². The Balaban J connectivity index is 2.24. The lowest BCUT2D eigenvalue weighted by atomic mass is 10.1. The van der Waals surface area contributed by atoms with E-state index in [1.54, 1.807) is 19.1 Å². The van der Waals surface area contributed by atoms with Crippen molar-refractivity contribution in [3.05, 3.63) is 53.1 Å². The number of esters is 1. The van der Waals surface area contributed by atoms with E-state index in [9.17, 15) is 19.8 Å². The van der Waals surface area contributed by atoms with Crippen LogP contribution in [0.15, 0.2) is 36.4 Å². The Labute approximate surface area is 127 Å². The van der Waals surface area contributed by atoms with E-state index in [0.717, 1.165) is 5.56 Å². The number of benzene rings is 2. The number of ether oxygens (including phenoxy) is 1. The third-order valence-corrected chi connectivity index (χ3v) is 3.06. The highest BCUT2D eigenvalue weighted by molar-refractivity contribution is 6.06. The number of phenolic OH excluding ortho intramolecular Hbond substituents is 2. The lowest BCUT2D eigenvalue weighted by molar-refractivity contribution is 0.0597. The molecule has 0 fully saturated rings. The van der Waals surface area contributed by atoms with Crippen molar-refractivity contribution in [3.8, 4) is 11.5 Å². The first-order valence-corrected chi connectivity index (χ1v) is 6.44. The first kappa shape index (κ1) is 15.4. The summed E-state index contributed by atoms with van der Waals surface area (Å²) in [7, 11) is 1.21. The molecule has 0 aliphatic carbocycles. The smallest absolute Gasteiger partial charge is 0.341 e. The van der Waals surface area contributed by atoms with Crippen LogP contribution < -0.4 is 5.32 Å². The van der Waals surface area contributed by atoms with Crippen molar-refractivity contribution in [3.63, 3.8) is 0 Å². The molecule has 2 aromatic rings. The second-order valence-electron chi connectivity index (χ2n) is 4.70. The standard InChI is InChI=1S/C16H15NO5/c1-9-3-6-13(18)12(7-9)15(20)17-10-4-5-11(14(19)8-10)16(21)22-2/h3-8,18-19H,1-2H3,(H,17,20). The van der Waals surface area contributed by atoms with Crippen LogP contribution in [0.3, 0.4) is 0 Å². The molecule has 114 valence electrons. The molecule has 0 unspecified atom stereocenters. The third-order valence-electron chi connectivity index (χ3n) is 3.06. The van der Waals surface area contributed by atoms with Gasteiger partial charge in [0.2, 0.25) is 0 Å². The Hall–Kier alpha value is -3.02. The Morgan fingerprint density at radius 1 is 1.00 bits per heavy atom. The van der Waals surface area contributed by atoms with E-state index in [2.05, 4.69) is 10.1 Å². The number of aryl methyl sites for hydroxylation is 1. The van der Waals surface area contributed by atoms with Crippen LogP contribution in [-0.2, 0) is 4.74 Å². The Morgan fingerprint density at radius 3 is 2.36 bits per heavy atom. The van der Waals surface area contributed by atoms with Gasteiger partial charge in [0.05, 0.1) is 12.7 Å². The molecule has 2 aromatic carbocycles. The van der Waals surface area contributed by atoms with Crippen molar-refractivity contribution < 1.29 is 24.5 Å². The molecule has 0 atom stereocenters. The van der Waals surface area contributed by atoms with Crippen LogP contribution in [0.4, 0.5) is 5.69 Å². The summed E-state index contributed by atoms with van der Waals surface area (Å²) < 4.78 is 4.52. The van der Waals surface area contributed by atoms with E-state index < -0.39 is 11.9 Å². The van der Waals surface area contributed by atoms with Crippen LogP contribution in [0.25, 0.3) is 0 Å². The van der Waals surface area contributed by atoms with Crippen molar-refractivity contribution in [2.45, 2.75) is 6.92 Å². The highest BCUT2D eigenvalue weighted by atomic mass is 16.5. The van der Waals surface area contributed by atoms with Crippen molar-refractivity contribution in [1.82, 2.24) is 0 Å². The Bertz CT molecular complexity index is 739. The fourth-order valence-corrected chi connectivity index (χ4v) is 1.92. The van der Waals surface area contributed by atoms with Crippen LogP contribution in [0, 0.1) is 6.92 Å². The van der Waals surface area contributed by atoms with Crippen molar-refractivity contribution >= 4 is 17.6 Å². The van der Waals surface area contributed by atoms with E-state index >= 15 is 0 Å². The molecule has 0 heterocycles. The summed E-state index contributed by atoms with van der Waals surface area (Å²) >= 11 is 0. The van der Waals surface area contributed by atoms with E-state index in [0.29, 0.717) is 0 Å². The SMILES string of the molecule is COC(=O)c1ccc(NC(=O)c2cc(C)ccc2O)cc1O. The number of hydrogen-bond acceptors (Lipinski definition) is 5. The Kier molecular flexibility index (Phi) is 4.31. The van der Waals surface area contributed by atoms with Crippen molar-refractivity contribution in [1.29, 1.82) is 0 Å². The van der Waals surface area contributed by atoms with Gasteiger partial charge in [-0.05, 0) is 31.2 Å². The topological polar surface area (TPSA) is 95.9 Å². The monoisotopic (exact) mass is 301 g/mol. The van der Waals surface area contributed by atoms with Gasteiger partial charge in [-0.1, -0.05) is 11.6 Å². The maximum atomic E-state index is 12.1. The first-order valence-electron chi connectivity index (χ1n) is 6.44. The fourth-order valence-electron chi connectivity index (χ4n) is 1.92. The maximum Gasteiger partial charge on any atom is 0.341 e. The molecule has 1 amide bonds.